The molecule has 0 aliphatic carbocycles. The molecule has 0 atom stereocenters. The van der Waals surface area contributed by atoms with Gasteiger partial charge in [0.25, 0.3) is 10.2 Å². The van der Waals surface area contributed by atoms with Gasteiger partial charge in [0.15, 0.2) is 0 Å². The number of hydrogen-bond donors (Lipinski definition) is 1. The number of nitrogens with one attached hydrogen (secondary N) is 1. The van der Waals surface area contributed by atoms with Gasteiger partial charge in [-0.25, -0.2) is 0 Å². The molecule has 7 heteroatoms. The average Bonchev–Trinajstić information content (AvgIpc) is 2.48. The molecule has 1 fully saturated rings. The molecule has 0 unspecified atom stereocenters. The summed E-state index contributed by atoms with van der Waals surface area (Å²) in [6.45, 7) is 13.0. The van der Waals surface area contributed by atoms with E-state index < -0.39 is 10.2 Å². The van der Waals surface area contributed by atoms with E-state index in [0.717, 1.165) is 39.1 Å². The summed E-state index contributed by atoms with van der Waals surface area (Å²) in [4.78, 5) is 2.32. The summed E-state index contributed by atoms with van der Waals surface area (Å²) in [5, 5.41) is 3.19. The molecule has 1 N–H and O–H groups in total. The van der Waals surface area contributed by atoms with E-state index in [1.165, 1.54) is 0 Å². The third-order valence-corrected chi connectivity index (χ3v) is 5.97. The molecule has 120 valence electrons. The van der Waals surface area contributed by atoms with Crippen LogP contribution in [0, 0.1) is 0 Å². The lowest BCUT2D eigenvalue weighted by Gasteiger charge is -2.32. The summed E-state index contributed by atoms with van der Waals surface area (Å²) in [6, 6.07) is 0. The summed E-state index contributed by atoms with van der Waals surface area (Å²) < 4.78 is 28.3. The largest absolute Gasteiger partial charge is 0.314 e. The fourth-order valence-electron chi connectivity index (χ4n) is 2.49. The minimum atomic E-state index is -3.28. The van der Waals surface area contributed by atoms with E-state index in [0.29, 0.717) is 26.2 Å². The first-order valence-corrected chi connectivity index (χ1v) is 9.14. The summed E-state index contributed by atoms with van der Waals surface area (Å²) >= 11 is 0. The fraction of sp³-hybridized carbons (Fsp3) is 1.00. The Morgan fingerprint density at radius 3 is 2.10 bits per heavy atom. The monoisotopic (exact) mass is 306 g/mol. The molecule has 0 aromatic carbocycles. The molecule has 1 saturated heterocycles. The molecule has 1 rings (SSSR count). The molecule has 0 amide bonds. The van der Waals surface area contributed by atoms with Crippen molar-refractivity contribution in [1.29, 1.82) is 0 Å². The van der Waals surface area contributed by atoms with Crippen molar-refractivity contribution in [2.75, 3.05) is 58.9 Å². The van der Waals surface area contributed by atoms with Crippen molar-refractivity contribution >= 4 is 10.2 Å². The van der Waals surface area contributed by atoms with Gasteiger partial charge < -0.3 is 10.2 Å². The Morgan fingerprint density at radius 1 is 1.00 bits per heavy atom. The minimum Gasteiger partial charge on any atom is -0.314 e. The van der Waals surface area contributed by atoms with Crippen LogP contribution in [0.1, 0.15) is 27.2 Å². The van der Waals surface area contributed by atoms with Crippen molar-refractivity contribution < 1.29 is 8.42 Å². The molecule has 0 aromatic rings. The van der Waals surface area contributed by atoms with Gasteiger partial charge in [-0.3, -0.25) is 0 Å². The molecule has 1 aliphatic rings. The van der Waals surface area contributed by atoms with Crippen LogP contribution in [0.2, 0.25) is 0 Å². The molecule has 0 aromatic heterocycles. The topological polar surface area (TPSA) is 55.9 Å². The number of piperazine rings is 1. The lowest BCUT2D eigenvalue weighted by atomic mass is 10.3. The SMILES string of the molecule is CCN(CC)CCCN(CC)S(=O)(=O)N1CCNCC1. The molecule has 1 heterocycles. The molecular weight excluding hydrogens is 276 g/mol. The molecule has 0 spiro atoms. The maximum Gasteiger partial charge on any atom is 0.282 e. The molecule has 20 heavy (non-hydrogen) atoms. The normalized spacial score (nSPS) is 18.1. The second-order valence-electron chi connectivity index (χ2n) is 5.03. The van der Waals surface area contributed by atoms with Crippen LogP contribution >= 0.6 is 0 Å². The first-order valence-electron chi connectivity index (χ1n) is 7.74. The standard InChI is InChI=1S/C13H30N4O2S/c1-4-15(5-2)10-7-11-16(6-3)20(18,19)17-12-8-14-9-13-17/h14H,4-13H2,1-3H3. The first kappa shape index (κ1) is 17.8. The highest BCUT2D eigenvalue weighted by molar-refractivity contribution is 7.86. The van der Waals surface area contributed by atoms with Crippen LogP contribution < -0.4 is 5.32 Å². The quantitative estimate of drug-likeness (QED) is 0.661. The third-order valence-electron chi connectivity index (χ3n) is 3.86. The lowest BCUT2D eigenvalue weighted by molar-refractivity contribution is 0.274. The Labute approximate surface area is 124 Å². The summed E-state index contributed by atoms with van der Waals surface area (Å²) in [6.07, 6.45) is 0.890. The van der Waals surface area contributed by atoms with Crippen LogP contribution in [0.15, 0.2) is 0 Å². The van der Waals surface area contributed by atoms with Crippen molar-refractivity contribution in [3.63, 3.8) is 0 Å². The predicted molar refractivity (Wildman–Crippen MR) is 83.0 cm³/mol. The minimum absolute atomic E-state index is 0.546. The van der Waals surface area contributed by atoms with E-state index in [9.17, 15) is 8.42 Å². The van der Waals surface area contributed by atoms with Gasteiger partial charge in [0, 0.05) is 39.3 Å². The van der Waals surface area contributed by atoms with Gasteiger partial charge in [0.05, 0.1) is 0 Å². The van der Waals surface area contributed by atoms with Crippen LogP contribution in [0.4, 0.5) is 0 Å². The van der Waals surface area contributed by atoms with Crippen LogP contribution in [0.5, 0.6) is 0 Å². The molecule has 0 radical (unpaired) electrons. The Bertz CT molecular complexity index is 351. The smallest absolute Gasteiger partial charge is 0.282 e. The van der Waals surface area contributed by atoms with E-state index in [-0.39, 0.29) is 0 Å². The van der Waals surface area contributed by atoms with Crippen molar-refractivity contribution in [1.82, 2.24) is 18.8 Å². The second-order valence-corrected chi connectivity index (χ2v) is 6.96. The van der Waals surface area contributed by atoms with Crippen molar-refractivity contribution in [2.24, 2.45) is 0 Å². The predicted octanol–water partition coefficient (Wildman–Crippen LogP) is 0.190. The van der Waals surface area contributed by atoms with Gasteiger partial charge in [-0.2, -0.15) is 17.0 Å². The van der Waals surface area contributed by atoms with E-state index in [1.807, 2.05) is 6.92 Å². The summed E-state index contributed by atoms with van der Waals surface area (Å²) in [5.74, 6) is 0. The molecule has 1 aliphatic heterocycles. The molecular formula is C13H30N4O2S. The summed E-state index contributed by atoms with van der Waals surface area (Å²) in [5.41, 5.74) is 0. The molecule has 0 saturated carbocycles. The van der Waals surface area contributed by atoms with Crippen LogP contribution in [-0.4, -0.2) is 80.8 Å². The van der Waals surface area contributed by atoms with Gasteiger partial charge in [-0.15, -0.1) is 0 Å². The summed E-state index contributed by atoms with van der Waals surface area (Å²) in [7, 11) is -3.28. The van der Waals surface area contributed by atoms with Crippen molar-refractivity contribution in [3.05, 3.63) is 0 Å². The molecule has 6 nitrogen and oxygen atoms in total. The van der Waals surface area contributed by atoms with Crippen LogP contribution in [0.3, 0.4) is 0 Å². The highest BCUT2D eigenvalue weighted by atomic mass is 32.2. The van der Waals surface area contributed by atoms with Gasteiger partial charge in [-0.05, 0) is 26.1 Å². The second kappa shape index (κ2) is 8.94. The number of hydrogen-bond acceptors (Lipinski definition) is 4. The highest BCUT2D eigenvalue weighted by Crippen LogP contribution is 2.10. The average molecular weight is 306 g/mol. The van der Waals surface area contributed by atoms with Gasteiger partial charge in [0.2, 0.25) is 0 Å². The zero-order valence-corrected chi connectivity index (χ0v) is 14.0. The Morgan fingerprint density at radius 2 is 1.60 bits per heavy atom. The van der Waals surface area contributed by atoms with Crippen LogP contribution in [-0.2, 0) is 10.2 Å². The van der Waals surface area contributed by atoms with Gasteiger partial charge in [-0.1, -0.05) is 20.8 Å². The van der Waals surface area contributed by atoms with Gasteiger partial charge in [0.1, 0.15) is 0 Å². The maximum atomic E-state index is 12.5. The zero-order valence-electron chi connectivity index (χ0n) is 13.1. The van der Waals surface area contributed by atoms with E-state index >= 15 is 0 Å². The fourth-order valence-corrected chi connectivity index (χ4v) is 4.14. The van der Waals surface area contributed by atoms with E-state index in [2.05, 4.69) is 24.1 Å². The maximum absolute atomic E-state index is 12.5. The Balaban J connectivity index is 2.51. The van der Waals surface area contributed by atoms with Crippen LogP contribution in [0.25, 0.3) is 0 Å². The Kier molecular flexibility index (Phi) is 7.98. The lowest BCUT2D eigenvalue weighted by Crippen LogP contribution is -2.52. The van der Waals surface area contributed by atoms with Crippen molar-refractivity contribution in [3.8, 4) is 0 Å². The number of rotatable bonds is 9. The first-order chi connectivity index (χ1) is 9.56. The van der Waals surface area contributed by atoms with E-state index in [1.54, 1.807) is 8.61 Å². The highest BCUT2D eigenvalue weighted by Gasteiger charge is 2.29. The van der Waals surface area contributed by atoms with E-state index in [4.69, 9.17) is 0 Å². The Hall–Kier alpha value is -0.210. The molecule has 0 bridgehead atoms. The van der Waals surface area contributed by atoms with Crippen molar-refractivity contribution in [2.45, 2.75) is 27.2 Å². The zero-order chi connectivity index (χ0) is 15.0. The van der Waals surface area contributed by atoms with Gasteiger partial charge >= 0.3 is 0 Å². The third kappa shape index (κ3) is 4.96. The number of nitrogens with zero attached hydrogens (tertiary/aromatic N) is 3.